The van der Waals surface area contributed by atoms with Gasteiger partial charge in [-0.1, -0.05) is 12.1 Å². The van der Waals surface area contributed by atoms with E-state index in [2.05, 4.69) is 16.0 Å². The van der Waals surface area contributed by atoms with Crippen LogP contribution in [0.2, 0.25) is 0 Å². The van der Waals surface area contributed by atoms with E-state index in [1.165, 1.54) is 19.1 Å². The van der Waals surface area contributed by atoms with Gasteiger partial charge >= 0.3 is 0 Å². The number of halogens is 1. The number of nitrogens with one attached hydrogen (secondary N) is 3. The van der Waals surface area contributed by atoms with Crippen molar-refractivity contribution in [1.29, 1.82) is 0 Å². The molecule has 0 atom stereocenters. The Morgan fingerprint density at radius 3 is 2.00 bits per heavy atom. The summed E-state index contributed by atoms with van der Waals surface area (Å²) in [5, 5.41) is 8.22. The molecule has 0 radical (unpaired) electrons. The Hall–Kier alpha value is -3.22. The fourth-order valence-corrected chi connectivity index (χ4v) is 2.91. The summed E-state index contributed by atoms with van der Waals surface area (Å²) >= 11 is 0. The van der Waals surface area contributed by atoms with Crippen LogP contribution in [0.5, 0.6) is 0 Å². The molecule has 2 aromatic rings. The van der Waals surface area contributed by atoms with E-state index in [1.807, 2.05) is 0 Å². The highest BCUT2D eigenvalue weighted by Gasteiger charge is 2.56. The Morgan fingerprint density at radius 1 is 0.893 bits per heavy atom. The quantitative estimate of drug-likeness (QED) is 0.643. The van der Waals surface area contributed by atoms with Crippen molar-refractivity contribution in [2.45, 2.75) is 26.2 Å². The van der Waals surface area contributed by atoms with Crippen LogP contribution in [0.4, 0.5) is 15.8 Å². The second kappa shape index (κ2) is 8.21. The number of benzene rings is 2. The van der Waals surface area contributed by atoms with Crippen molar-refractivity contribution < 1.29 is 18.8 Å². The molecule has 3 rings (SSSR count). The first-order valence-electron chi connectivity index (χ1n) is 9.11. The van der Waals surface area contributed by atoms with Gasteiger partial charge in [0.25, 0.3) is 0 Å². The van der Waals surface area contributed by atoms with Gasteiger partial charge < -0.3 is 16.0 Å². The maximum Gasteiger partial charge on any atom is 0.240 e. The van der Waals surface area contributed by atoms with Crippen LogP contribution in [0.1, 0.15) is 25.3 Å². The summed E-state index contributed by atoms with van der Waals surface area (Å²) in [7, 11) is 0. The minimum Gasteiger partial charge on any atom is -0.355 e. The zero-order valence-electron chi connectivity index (χ0n) is 15.5. The summed E-state index contributed by atoms with van der Waals surface area (Å²) in [5.41, 5.74) is 1.07. The Bertz CT molecular complexity index is 875. The molecule has 1 saturated carbocycles. The normalized spacial score (nSPS) is 14.1. The topological polar surface area (TPSA) is 87.3 Å². The molecule has 1 aliphatic rings. The van der Waals surface area contributed by atoms with Crippen LogP contribution >= 0.6 is 0 Å². The van der Waals surface area contributed by atoms with Crippen LogP contribution in [0.15, 0.2) is 48.5 Å². The van der Waals surface area contributed by atoms with E-state index < -0.39 is 5.41 Å². The number of hydrogen-bond acceptors (Lipinski definition) is 3. The van der Waals surface area contributed by atoms with Gasteiger partial charge in [0.05, 0.1) is 0 Å². The third-order valence-electron chi connectivity index (χ3n) is 4.69. The molecule has 146 valence electrons. The smallest absolute Gasteiger partial charge is 0.240 e. The van der Waals surface area contributed by atoms with Gasteiger partial charge in [-0.25, -0.2) is 4.39 Å². The summed E-state index contributed by atoms with van der Waals surface area (Å²) in [6, 6.07) is 12.8. The van der Waals surface area contributed by atoms with Gasteiger partial charge in [0.2, 0.25) is 17.7 Å². The van der Waals surface area contributed by atoms with Crippen molar-refractivity contribution in [1.82, 2.24) is 5.32 Å². The van der Waals surface area contributed by atoms with Crippen LogP contribution in [0.3, 0.4) is 0 Å². The molecule has 3 amide bonds. The first kappa shape index (κ1) is 19.5. The van der Waals surface area contributed by atoms with Crippen molar-refractivity contribution in [2.75, 3.05) is 17.2 Å². The Labute approximate surface area is 162 Å². The minimum atomic E-state index is -1.03. The largest absolute Gasteiger partial charge is 0.355 e. The molecule has 2 aromatic carbocycles. The van der Waals surface area contributed by atoms with Crippen molar-refractivity contribution in [3.8, 4) is 0 Å². The van der Waals surface area contributed by atoms with E-state index in [0.29, 0.717) is 37.2 Å². The van der Waals surface area contributed by atoms with Gasteiger partial charge in [0.1, 0.15) is 11.2 Å². The molecule has 1 aliphatic carbocycles. The second-order valence-electron chi connectivity index (χ2n) is 6.93. The van der Waals surface area contributed by atoms with Gasteiger partial charge in [0, 0.05) is 24.8 Å². The number of amides is 3. The molecule has 28 heavy (non-hydrogen) atoms. The summed E-state index contributed by atoms with van der Waals surface area (Å²) < 4.78 is 12.9. The second-order valence-corrected chi connectivity index (χ2v) is 6.93. The number of anilines is 2. The van der Waals surface area contributed by atoms with E-state index >= 15 is 0 Å². The van der Waals surface area contributed by atoms with Crippen molar-refractivity contribution in [3.63, 3.8) is 0 Å². The third-order valence-corrected chi connectivity index (χ3v) is 4.69. The van der Waals surface area contributed by atoms with Crippen LogP contribution in [-0.4, -0.2) is 24.3 Å². The summed E-state index contributed by atoms with van der Waals surface area (Å²) in [6.07, 6.45) is 1.57. The average molecular weight is 383 g/mol. The van der Waals surface area contributed by atoms with E-state index in [0.717, 1.165) is 5.56 Å². The predicted molar refractivity (Wildman–Crippen MR) is 104 cm³/mol. The van der Waals surface area contributed by atoms with E-state index in [4.69, 9.17) is 0 Å². The zero-order valence-corrected chi connectivity index (χ0v) is 15.5. The molecule has 1 fully saturated rings. The Kier molecular flexibility index (Phi) is 5.73. The number of hydrogen-bond donors (Lipinski definition) is 3. The first-order chi connectivity index (χ1) is 13.4. The van der Waals surface area contributed by atoms with Crippen molar-refractivity contribution >= 4 is 29.1 Å². The van der Waals surface area contributed by atoms with Crippen LogP contribution < -0.4 is 16.0 Å². The Balaban J connectivity index is 1.51. The van der Waals surface area contributed by atoms with Gasteiger partial charge in [-0.3, -0.25) is 14.4 Å². The molecule has 7 heteroatoms. The maximum absolute atomic E-state index is 12.9. The number of rotatable bonds is 7. The lowest BCUT2D eigenvalue weighted by atomic mass is 10.0. The lowest BCUT2D eigenvalue weighted by molar-refractivity contribution is -0.134. The van der Waals surface area contributed by atoms with E-state index in [-0.39, 0.29) is 23.5 Å². The SMILES string of the molecule is CC(=O)Nc1ccc(NC(=O)C2(C(=O)NCCc3ccc(F)cc3)CC2)cc1. The molecule has 0 bridgehead atoms. The molecule has 3 N–H and O–H groups in total. The molecule has 0 spiro atoms. The summed E-state index contributed by atoms with van der Waals surface area (Å²) in [5.74, 6) is -1.10. The first-order valence-corrected chi connectivity index (χ1v) is 9.11. The molecule has 0 aromatic heterocycles. The van der Waals surface area contributed by atoms with Crippen LogP contribution in [0, 0.1) is 11.2 Å². The van der Waals surface area contributed by atoms with Crippen LogP contribution in [-0.2, 0) is 20.8 Å². The van der Waals surface area contributed by atoms with Gasteiger partial charge in [-0.15, -0.1) is 0 Å². The van der Waals surface area contributed by atoms with Crippen LogP contribution in [0.25, 0.3) is 0 Å². The van der Waals surface area contributed by atoms with Gasteiger partial charge in [-0.05, 0) is 61.2 Å². The fourth-order valence-electron chi connectivity index (χ4n) is 2.91. The predicted octanol–water partition coefficient (Wildman–Crippen LogP) is 2.86. The number of carbonyl (C=O) groups excluding carboxylic acids is 3. The Morgan fingerprint density at radius 2 is 1.46 bits per heavy atom. The molecule has 6 nitrogen and oxygen atoms in total. The standard InChI is InChI=1S/C21H22FN3O3/c1-14(26)24-17-6-8-18(9-7-17)25-20(28)21(11-12-21)19(27)23-13-10-15-2-4-16(22)5-3-15/h2-9H,10-13H2,1H3,(H,23,27)(H,24,26)(H,25,28). The zero-order chi connectivity index (χ0) is 20.1. The highest BCUT2D eigenvalue weighted by atomic mass is 19.1. The van der Waals surface area contributed by atoms with E-state index in [9.17, 15) is 18.8 Å². The summed E-state index contributed by atoms with van der Waals surface area (Å²) in [6.45, 7) is 1.80. The minimum absolute atomic E-state index is 0.175. The molecular weight excluding hydrogens is 361 g/mol. The molecular formula is C21H22FN3O3. The molecule has 0 aliphatic heterocycles. The van der Waals surface area contributed by atoms with E-state index in [1.54, 1.807) is 36.4 Å². The number of carbonyl (C=O) groups is 3. The fraction of sp³-hybridized carbons (Fsp3) is 0.286. The lowest BCUT2D eigenvalue weighted by Gasteiger charge is -2.16. The molecule has 0 unspecified atom stereocenters. The van der Waals surface area contributed by atoms with Crippen molar-refractivity contribution in [3.05, 3.63) is 59.9 Å². The summed E-state index contributed by atoms with van der Waals surface area (Å²) in [4.78, 5) is 36.1. The van der Waals surface area contributed by atoms with Crippen molar-refractivity contribution in [2.24, 2.45) is 5.41 Å². The highest BCUT2D eigenvalue weighted by Crippen LogP contribution is 2.46. The highest BCUT2D eigenvalue weighted by molar-refractivity contribution is 6.13. The van der Waals surface area contributed by atoms with Gasteiger partial charge in [-0.2, -0.15) is 0 Å². The molecule has 0 saturated heterocycles. The van der Waals surface area contributed by atoms with Gasteiger partial charge in [0.15, 0.2) is 0 Å². The third kappa shape index (κ3) is 4.73. The molecule has 0 heterocycles. The monoisotopic (exact) mass is 383 g/mol. The average Bonchev–Trinajstić information content (AvgIpc) is 3.46. The lowest BCUT2D eigenvalue weighted by Crippen LogP contribution is -2.40. The maximum atomic E-state index is 12.9.